The van der Waals surface area contributed by atoms with Gasteiger partial charge in [0.1, 0.15) is 0 Å². The van der Waals surface area contributed by atoms with E-state index in [9.17, 15) is 9.90 Å². The number of halogens is 1. The predicted molar refractivity (Wildman–Crippen MR) is 77.2 cm³/mol. The lowest BCUT2D eigenvalue weighted by Crippen LogP contribution is -2.38. The SMILES string of the molecule is CCN(CC)CC(=O)NCC(O)c1ccccc1Cl. The molecule has 1 unspecified atom stereocenters. The number of carbonyl (C=O) groups excluding carboxylic acids is 1. The van der Waals surface area contributed by atoms with Gasteiger partial charge in [-0.15, -0.1) is 0 Å². The average molecular weight is 285 g/mol. The summed E-state index contributed by atoms with van der Waals surface area (Å²) in [6, 6.07) is 7.08. The van der Waals surface area contributed by atoms with Crippen LogP contribution in [0.15, 0.2) is 24.3 Å². The second kappa shape index (κ2) is 8.15. The number of nitrogens with zero attached hydrogens (tertiary/aromatic N) is 1. The number of hydrogen-bond acceptors (Lipinski definition) is 3. The molecule has 5 heteroatoms. The highest BCUT2D eigenvalue weighted by atomic mass is 35.5. The number of benzene rings is 1. The summed E-state index contributed by atoms with van der Waals surface area (Å²) < 4.78 is 0. The van der Waals surface area contributed by atoms with Crippen molar-refractivity contribution >= 4 is 17.5 Å². The molecule has 0 spiro atoms. The third-order valence-corrected chi connectivity index (χ3v) is 3.36. The van der Waals surface area contributed by atoms with Crippen LogP contribution >= 0.6 is 11.6 Å². The number of amides is 1. The molecule has 0 aliphatic carbocycles. The van der Waals surface area contributed by atoms with E-state index in [0.717, 1.165) is 13.1 Å². The van der Waals surface area contributed by atoms with Crippen molar-refractivity contribution in [3.8, 4) is 0 Å². The number of likely N-dealkylation sites (N-methyl/N-ethyl adjacent to an activating group) is 1. The zero-order chi connectivity index (χ0) is 14.3. The maximum Gasteiger partial charge on any atom is 0.234 e. The summed E-state index contributed by atoms with van der Waals surface area (Å²) in [7, 11) is 0. The van der Waals surface area contributed by atoms with E-state index in [1.807, 2.05) is 24.8 Å². The maximum atomic E-state index is 11.7. The second-order valence-electron chi connectivity index (χ2n) is 4.30. The Morgan fingerprint density at radius 2 is 2.00 bits per heavy atom. The molecule has 19 heavy (non-hydrogen) atoms. The van der Waals surface area contributed by atoms with Gasteiger partial charge < -0.3 is 10.4 Å². The summed E-state index contributed by atoms with van der Waals surface area (Å²) in [4.78, 5) is 13.7. The highest BCUT2D eigenvalue weighted by molar-refractivity contribution is 6.31. The summed E-state index contributed by atoms with van der Waals surface area (Å²) >= 11 is 5.98. The fourth-order valence-corrected chi connectivity index (χ4v) is 2.03. The van der Waals surface area contributed by atoms with Crippen molar-refractivity contribution in [1.82, 2.24) is 10.2 Å². The number of aliphatic hydroxyl groups excluding tert-OH is 1. The van der Waals surface area contributed by atoms with Crippen LogP contribution in [0.25, 0.3) is 0 Å². The largest absolute Gasteiger partial charge is 0.387 e. The first kappa shape index (κ1) is 16.0. The van der Waals surface area contributed by atoms with Gasteiger partial charge in [0.2, 0.25) is 5.91 Å². The molecule has 1 amide bonds. The molecule has 1 aromatic carbocycles. The molecule has 2 N–H and O–H groups in total. The van der Waals surface area contributed by atoms with Crippen LogP contribution in [0.1, 0.15) is 25.5 Å². The fourth-order valence-electron chi connectivity index (χ4n) is 1.77. The summed E-state index contributed by atoms with van der Waals surface area (Å²) in [5, 5.41) is 13.2. The fraction of sp³-hybridized carbons (Fsp3) is 0.500. The van der Waals surface area contributed by atoms with Crippen molar-refractivity contribution in [3.05, 3.63) is 34.9 Å². The van der Waals surface area contributed by atoms with E-state index >= 15 is 0 Å². The van der Waals surface area contributed by atoms with Gasteiger partial charge in [0.25, 0.3) is 0 Å². The van der Waals surface area contributed by atoms with Crippen LogP contribution in [0.5, 0.6) is 0 Å². The smallest absolute Gasteiger partial charge is 0.234 e. The van der Waals surface area contributed by atoms with E-state index in [-0.39, 0.29) is 12.5 Å². The van der Waals surface area contributed by atoms with Gasteiger partial charge >= 0.3 is 0 Å². The summed E-state index contributed by atoms with van der Waals surface area (Å²) in [6.07, 6.45) is -0.783. The Morgan fingerprint density at radius 3 is 2.58 bits per heavy atom. The van der Waals surface area contributed by atoms with Gasteiger partial charge in [-0.2, -0.15) is 0 Å². The van der Waals surface area contributed by atoms with Crippen molar-refractivity contribution in [3.63, 3.8) is 0 Å². The zero-order valence-electron chi connectivity index (χ0n) is 11.4. The van der Waals surface area contributed by atoms with E-state index in [1.165, 1.54) is 0 Å². The molecule has 1 atom stereocenters. The van der Waals surface area contributed by atoms with Gasteiger partial charge in [0, 0.05) is 17.1 Å². The molecule has 1 aromatic rings. The standard InChI is InChI=1S/C14H21ClN2O2/c1-3-17(4-2)10-14(19)16-9-13(18)11-7-5-6-8-12(11)15/h5-8,13,18H,3-4,9-10H2,1-2H3,(H,16,19). The van der Waals surface area contributed by atoms with Crippen LogP contribution in [-0.4, -0.2) is 42.1 Å². The van der Waals surface area contributed by atoms with Gasteiger partial charge in [-0.05, 0) is 19.2 Å². The molecule has 1 rings (SSSR count). The molecule has 0 saturated heterocycles. The minimum absolute atomic E-state index is 0.0881. The van der Waals surface area contributed by atoms with Gasteiger partial charge in [-0.1, -0.05) is 43.6 Å². The summed E-state index contributed by atoms with van der Waals surface area (Å²) in [5.41, 5.74) is 0.632. The lowest BCUT2D eigenvalue weighted by Gasteiger charge is -2.18. The van der Waals surface area contributed by atoms with Gasteiger partial charge in [-0.25, -0.2) is 0 Å². The van der Waals surface area contributed by atoms with Gasteiger partial charge in [0.15, 0.2) is 0 Å². The van der Waals surface area contributed by atoms with E-state index in [1.54, 1.807) is 18.2 Å². The van der Waals surface area contributed by atoms with Gasteiger partial charge in [0.05, 0.1) is 12.6 Å². The average Bonchev–Trinajstić information content (AvgIpc) is 2.42. The minimum Gasteiger partial charge on any atom is -0.387 e. The molecule has 0 fully saturated rings. The predicted octanol–water partition coefficient (Wildman–Crippen LogP) is 1.83. The molecule has 0 bridgehead atoms. The van der Waals surface area contributed by atoms with Crippen LogP contribution in [0.4, 0.5) is 0 Å². The lowest BCUT2D eigenvalue weighted by molar-refractivity contribution is -0.122. The van der Waals surface area contributed by atoms with E-state index in [4.69, 9.17) is 11.6 Å². The molecular weight excluding hydrogens is 264 g/mol. The topological polar surface area (TPSA) is 52.6 Å². The monoisotopic (exact) mass is 284 g/mol. The molecule has 0 aliphatic heterocycles. The molecule has 0 aromatic heterocycles. The Morgan fingerprint density at radius 1 is 1.37 bits per heavy atom. The molecule has 106 valence electrons. The Kier molecular flexibility index (Phi) is 6.84. The number of nitrogens with one attached hydrogen (secondary N) is 1. The third kappa shape index (κ3) is 5.19. The Bertz CT molecular complexity index is 408. The van der Waals surface area contributed by atoms with Crippen molar-refractivity contribution in [2.75, 3.05) is 26.2 Å². The van der Waals surface area contributed by atoms with Crippen LogP contribution in [0.3, 0.4) is 0 Å². The molecule has 0 saturated carbocycles. The minimum atomic E-state index is -0.783. The van der Waals surface area contributed by atoms with Crippen LogP contribution < -0.4 is 5.32 Å². The third-order valence-electron chi connectivity index (χ3n) is 3.02. The second-order valence-corrected chi connectivity index (χ2v) is 4.71. The Balaban J connectivity index is 2.44. The summed E-state index contributed by atoms with van der Waals surface area (Å²) in [6.45, 7) is 6.20. The van der Waals surface area contributed by atoms with Crippen LogP contribution in [0, 0.1) is 0 Å². The molecular formula is C14H21ClN2O2. The number of rotatable bonds is 7. The number of hydrogen-bond donors (Lipinski definition) is 2. The van der Waals surface area contributed by atoms with E-state index < -0.39 is 6.10 Å². The Hall–Kier alpha value is -1.10. The van der Waals surface area contributed by atoms with Crippen LogP contribution in [-0.2, 0) is 4.79 Å². The molecule has 0 radical (unpaired) electrons. The van der Waals surface area contributed by atoms with Crippen molar-refractivity contribution in [2.24, 2.45) is 0 Å². The molecule has 0 aliphatic rings. The Labute approximate surface area is 119 Å². The maximum absolute atomic E-state index is 11.7. The van der Waals surface area contributed by atoms with Crippen molar-refractivity contribution in [1.29, 1.82) is 0 Å². The molecule has 0 heterocycles. The number of carbonyl (C=O) groups is 1. The zero-order valence-corrected chi connectivity index (χ0v) is 12.2. The highest BCUT2D eigenvalue weighted by Gasteiger charge is 2.13. The van der Waals surface area contributed by atoms with Crippen LogP contribution in [0.2, 0.25) is 5.02 Å². The van der Waals surface area contributed by atoms with Crippen molar-refractivity contribution in [2.45, 2.75) is 20.0 Å². The number of aliphatic hydroxyl groups is 1. The first-order valence-electron chi connectivity index (χ1n) is 6.50. The highest BCUT2D eigenvalue weighted by Crippen LogP contribution is 2.21. The molecule has 4 nitrogen and oxygen atoms in total. The first-order valence-corrected chi connectivity index (χ1v) is 6.87. The summed E-state index contributed by atoms with van der Waals surface area (Å²) in [5.74, 6) is -0.0881. The van der Waals surface area contributed by atoms with Crippen molar-refractivity contribution < 1.29 is 9.90 Å². The van der Waals surface area contributed by atoms with E-state index in [0.29, 0.717) is 17.1 Å². The quantitative estimate of drug-likeness (QED) is 0.803. The van der Waals surface area contributed by atoms with Gasteiger partial charge in [-0.3, -0.25) is 9.69 Å². The normalized spacial score (nSPS) is 12.5. The van der Waals surface area contributed by atoms with E-state index in [2.05, 4.69) is 5.32 Å². The lowest BCUT2D eigenvalue weighted by atomic mass is 10.1. The first-order chi connectivity index (χ1) is 9.08.